The van der Waals surface area contributed by atoms with E-state index in [0.29, 0.717) is 16.7 Å². The minimum Gasteiger partial charge on any atom is -0.398 e. The van der Waals surface area contributed by atoms with Crippen LogP contribution < -0.4 is 5.73 Å². The summed E-state index contributed by atoms with van der Waals surface area (Å²) in [5, 5.41) is 0. The first kappa shape index (κ1) is 12.5. The Labute approximate surface area is 114 Å². The highest BCUT2D eigenvalue weighted by atomic mass is 16.2. The molecule has 3 rings (SSSR count). The van der Waals surface area contributed by atoms with Crippen molar-refractivity contribution in [3.05, 3.63) is 29.8 Å². The third-order valence-corrected chi connectivity index (χ3v) is 4.83. The van der Waals surface area contributed by atoms with Gasteiger partial charge in [-0.1, -0.05) is 31.4 Å². The lowest BCUT2D eigenvalue weighted by Gasteiger charge is -2.33. The standard InChI is InChI=1S/C16H22N2O/c17-14-7-3-2-6-13(14)15(19)18-11-10-16(12-18)8-4-1-5-9-16/h2-3,6-7H,1,4-5,8-12,17H2. The van der Waals surface area contributed by atoms with Gasteiger partial charge in [0, 0.05) is 18.8 Å². The van der Waals surface area contributed by atoms with Crippen LogP contribution in [-0.2, 0) is 0 Å². The number of hydrogen-bond acceptors (Lipinski definition) is 2. The molecular formula is C16H22N2O. The maximum Gasteiger partial charge on any atom is 0.255 e. The van der Waals surface area contributed by atoms with Gasteiger partial charge in [-0.25, -0.2) is 0 Å². The van der Waals surface area contributed by atoms with E-state index in [1.165, 1.54) is 38.5 Å². The van der Waals surface area contributed by atoms with Crippen molar-refractivity contribution < 1.29 is 4.79 Å². The highest BCUT2D eigenvalue weighted by Gasteiger charge is 2.40. The van der Waals surface area contributed by atoms with E-state index in [1.807, 2.05) is 23.1 Å². The van der Waals surface area contributed by atoms with Gasteiger partial charge in [-0.3, -0.25) is 4.79 Å². The van der Waals surface area contributed by atoms with E-state index in [-0.39, 0.29) is 5.91 Å². The van der Waals surface area contributed by atoms with Crippen molar-refractivity contribution in [3.63, 3.8) is 0 Å². The van der Waals surface area contributed by atoms with Crippen LogP contribution in [0.5, 0.6) is 0 Å². The van der Waals surface area contributed by atoms with E-state index in [9.17, 15) is 4.79 Å². The summed E-state index contributed by atoms with van der Waals surface area (Å²) in [6, 6.07) is 7.40. The van der Waals surface area contributed by atoms with Gasteiger partial charge in [-0.05, 0) is 36.8 Å². The molecule has 1 aliphatic carbocycles. The summed E-state index contributed by atoms with van der Waals surface area (Å²) >= 11 is 0. The van der Waals surface area contributed by atoms with Crippen LogP contribution in [0.4, 0.5) is 5.69 Å². The molecule has 1 saturated heterocycles. The van der Waals surface area contributed by atoms with Gasteiger partial charge in [0.05, 0.1) is 5.56 Å². The largest absolute Gasteiger partial charge is 0.398 e. The fourth-order valence-electron chi connectivity index (χ4n) is 3.68. The SMILES string of the molecule is Nc1ccccc1C(=O)N1CCC2(CCCCC2)C1. The van der Waals surface area contributed by atoms with E-state index >= 15 is 0 Å². The van der Waals surface area contributed by atoms with Crippen LogP contribution in [0.2, 0.25) is 0 Å². The fraction of sp³-hybridized carbons (Fsp3) is 0.562. The fourth-order valence-corrected chi connectivity index (χ4v) is 3.68. The molecule has 2 aliphatic rings. The minimum absolute atomic E-state index is 0.112. The summed E-state index contributed by atoms with van der Waals surface area (Å²) < 4.78 is 0. The maximum atomic E-state index is 12.5. The molecule has 1 aliphatic heterocycles. The van der Waals surface area contributed by atoms with Gasteiger partial charge < -0.3 is 10.6 Å². The normalized spacial score (nSPS) is 21.8. The molecule has 1 amide bonds. The van der Waals surface area contributed by atoms with Gasteiger partial charge in [0.15, 0.2) is 0 Å². The molecule has 0 bridgehead atoms. The average molecular weight is 258 g/mol. The predicted octanol–water partition coefficient (Wildman–Crippen LogP) is 3.07. The van der Waals surface area contributed by atoms with Crippen molar-refractivity contribution in [1.82, 2.24) is 4.90 Å². The van der Waals surface area contributed by atoms with E-state index in [2.05, 4.69) is 0 Å². The molecule has 3 nitrogen and oxygen atoms in total. The Morgan fingerprint density at radius 3 is 2.58 bits per heavy atom. The highest BCUT2D eigenvalue weighted by Crippen LogP contribution is 2.44. The lowest BCUT2D eigenvalue weighted by atomic mass is 9.73. The number of likely N-dealkylation sites (tertiary alicyclic amines) is 1. The van der Waals surface area contributed by atoms with Gasteiger partial charge in [0.2, 0.25) is 0 Å². The summed E-state index contributed by atoms with van der Waals surface area (Å²) in [5.41, 5.74) is 7.58. The van der Waals surface area contributed by atoms with Gasteiger partial charge in [-0.2, -0.15) is 0 Å². The van der Waals surface area contributed by atoms with Gasteiger partial charge in [0.1, 0.15) is 0 Å². The number of hydrogen-bond donors (Lipinski definition) is 1. The monoisotopic (exact) mass is 258 g/mol. The Bertz CT molecular complexity index is 477. The summed E-state index contributed by atoms with van der Waals surface area (Å²) in [5.74, 6) is 0.112. The number of para-hydroxylation sites is 1. The Kier molecular flexibility index (Phi) is 3.21. The van der Waals surface area contributed by atoms with Crippen LogP contribution in [0.25, 0.3) is 0 Å². The molecule has 102 valence electrons. The van der Waals surface area contributed by atoms with Crippen LogP contribution >= 0.6 is 0 Å². The number of carbonyl (C=O) groups is 1. The molecule has 19 heavy (non-hydrogen) atoms. The van der Waals surface area contributed by atoms with Crippen molar-refractivity contribution in [2.75, 3.05) is 18.8 Å². The molecule has 1 spiro atoms. The van der Waals surface area contributed by atoms with E-state index in [1.54, 1.807) is 6.07 Å². The molecule has 0 aromatic heterocycles. The van der Waals surface area contributed by atoms with Gasteiger partial charge >= 0.3 is 0 Å². The molecule has 1 heterocycles. The first-order valence-corrected chi connectivity index (χ1v) is 7.34. The van der Waals surface area contributed by atoms with Crippen molar-refractivity contribution >= 4 is 11.6 Å². The number of anilines is 1. The Morgan fingerprint density at radius 1 is 1.11 bits per heavy atom. The topological polar surface area (TPSA) is 46.3 Å². The van der Waals surface area contributed by atoms with Gasteiger partial charge in [0.25, 0.3) is 5.91 Å². The highest BCUT2D eigenvalue weighted by molar-refractivity contribution is 5.99. The maximum absolute atomic E-state index is 12.5. The summed E-state index contributed by atoms with van der Waals surface area (Å²) in [4.78, 5) is 14.6. The van der Waals surface area contributed by atoms with E-state index in [4.69, 9.17) is 5.73 Å². The Hall–Kier alpha value is -1.51. The molecular weight excluding hydrogens is 236 g/mol. The lowest BCUT2D eigenvalue weighted by molar-refractivity contribution is 0.0760. The average Bonchev–Trinajstić information content (AvgIpc) is 2.83. The van der Waals surface area contributed by atoms with E-state index < -0.39 is 0 Å². The smallest absolute Gasteiger partial charge is 0.255 e. The third-order valence-electron chi connectivity index (χ3n) is 4.83. The zero-order valence-corrected chi connectivity index (χ0v) is 11.4. The molecule has 3 heteroatoms. The van der Waals surface area contributed by atoms with Crippen LogP contribution in [0.1, 0.15) is 48.9 Å². The number of carbonyl (C=O) groups excluding carboxylic acids is 1. The molecule has 0 atom stereocenters. The molecule has 0 unspecified atom stereocenters. The predicted molar refractivity (Wildman–Crippen MR) is 76.9 cm³/mol. The Morgan fingerprint density at radius 2 is 1.84 bits per heavy atom. The quantitative estimate of drug-likeness (QED) is 0.787. The van der Waals surface area contributed by atoms with Crippen LogP contribution in [0, 0.1) is 5.41 Å². The molecule has 1 aromatic carbocycles. The first-order chi connectivity index (χ1) is 9.20. The first-order valence-electron chi connectivity index (χ1n) is 7.34. The summed E-state index contributed by atoms with van der Waals surface area (Å²) in [7, 11) is 0. The molecule has 0 radical (unpaired) electrons. The van der Waals surface area contributed by atoms with Crippen molar-refractivity contribution in [1.29, 1.82) is 0 Å². The number of benzene rings is 1. The minimum atomic E-state index is 0.112. The number of nitrogen functional groups attached to an aromatic ring is 1. The summed E-state index contributed by atoms with van der Waals surface area (Å²) in [6.45, 7) is 1.83. The molecule has 1 aromatic rings. The second kappa shape index (κ2) is 4.87. The molecule has 2 fully saturated rings. The number of rotatable bonds is 1. The second-order valence-electron chi connectivity index (χ2n) is 6.12. The zero-order valence-electron chi connectivity index (χ0n) is 11.4. The van der Waals surface area contributed by atoms with Crippen molar-refractivity contribution in [3.8, 4) is 0 Å². The van der Waals surface area contributed by atoms with Crippen LogP contribution in [-0.4, -0.2) is 23.9 Å². The number of amides is 1. The van der Waals surface area contributed by atoms with Crippen molar-refractivity contribution in [2.45, 2.75) is 38.5 Å². The lowest BCUT2D eigenvalue weighted by Crippen LogP contribution is -2.33. The summed E-state index contributed by atoms with van der Waals surface area (Å²) in [6.07, 6.45) is 7.78. The number of nitrogens with two attached hydrogens (primary N) is 1. The van der Waals surface area contributed by atoms with Crippen molar-refractivity contribution in [2.24, 2.45) is 5.41 Å². The van der Waals surface area contributed by atoms with Gasteiger partial charge in [-0.15, -0.1) is 0 Å². The van der Waals surface area contributed by atoms with Crippen LogP contribution in [0.3, 0.4) is 0 Å². The van der Waals surface area contributed by atoms with Crippen LogP contribution in [0.15, 0.2) is 24.3 Å². The Balaban J connectivity index is 1.74. The second-order valence-corrected chi connectivity index (χ2v) is 6.12. The van der Waals surface area contributed by atoms with E-state index in [0.717, 1.165) is 13.1 Å². The zero-order chi connectivity index (χ0) is 13.3. The number of nitrogens with zero attached hydrogens (tertiary/aromatic N) is 1. The molecule has 2 N–H and O–H groups in total. The third kappa shape index (κ3) is 2.34. The molecule has 1 saturated carbocycles.